The Hall–Kier alpha value is -1.20. The maximum Gasteiger partial charge on any atom is 0.179 e. The third-order valence-electron chi connectivity index (χ3n) is 5.38. The SMILES string of the molecule is Cc1ccc2[nH]c(=S)n(C3CC4CCCC(C3)N4C)c2n1. The number of pyridine rings is 1. The molecular weight excluding hydrogens is 280 g/mol. The van der Waals surface area contributed by atoms with Gasteiger partial charge in [0.25, 0.3) is 0 Å². The molecule has 0 amide bonds. The summed E-state index contributed by atoms with van der Waals surface area (Å²) in [5.41, 5.74) is 3.15. The van der Waals surface area contributed by atoms with Crippen LogP contribution in [0.1, 0.15) is 43.8 Å². The van der Waals surface area contributed by atoms with E-state index in [2.05, 4.69) is 27.6 Å². The molecule has 5 heteroatoms. The Bertz CT molecular complexity index is 717. The quantitative estimate of drug-likeness (QED) is 0.818. The van der Waals surface area contributed by atoms with Crippen molar-refractivity contribution >= 4 is 23.4 Å². The molecule has 0 aromatic carbocycles. The summed E-state index contributed by atoms with van der Waals surface area (Å²) in [6.45, 7) is 2.04. The van der Waals surface area contributed by atoms with Gasteiger partial charge in [-0.3, -0.25) is 4.57 Å². The zero-order valence-corrected chi connectivity index (χ0v) is 13.5. The highest BCUT2D eigenvalue weighted by molar-refractivity contribution is 7.71. The zero-order valence-electron chi connectivity index (χ0n) is 12.7. The molecule has 0 spiro atoms. The van der Waals surface area contributed by atoms with E-state index in [4.69, 9.17) is 17.2 Å². The summed E-state index contributed by atoms with van der Waals surface area (Å²) in [6.07, 6.45) is 6.42. The Morgan fingerprint density at radius 1 is 1.19 bits per heavy atom. The summed E-state index contributed by atoms with van der Waals surface area (Å²) in [6, 6.07) is 6.05. The number of nitrogens with one attached hydrogen (secondary N) is 1. The largest absolute Gasteiger partial charge is 0.329 e. The van der Waals surface area contributed by atoms with Gasteiger partial charge in [-0.2, -0.15) is 0 Å². The summed E-state index contributed by atoms with van der Waals surface area (Å²) in [7, 11) is 2.29. The Morgan fingerprint density at radius 2 is 1.90 bits per heavy atom. The lowest BCUT2D eigenvalue weighted by Crippen LogP contribution is -2.50. The second-order valence-corrected chi connectivity index (χ2v) is 7.04. The number of aryl methyl sites for hydroxylation is 1. The fourth-order valence-electron chi connectivity index (χ4n) is 4.23. The van der Waals surface area contributed by atoms with Crippen molar-refractivity contribution in [2.24, 2.45) is 0 Å². The average Bonchev–Trinajstić information content (AvgIpc) is 2.74. The Morgan fingerprint density at radius 3 is 2.62 bits per heavy atom. The molecule has 2 aliphatic rings. The van der Waals surface area contributed by atoms with Crippen molar-refractivity contribution in [3.8, 4) is 0 Å². The van der Waals surface area contributed by atoms with E-state index >= 15 is 0 Å². The van der Waals surface area contributed by atoms with Crippen LogP contribution in [-0.4, -0.2) is 38.6 Å². The molecule has 2 aliphatic heterocycles. The van der Waals surface area contributed by atoms with E-state index in [0.717, 1.165) is 21.6 Å². The first kappa shape index (κ1) is 13.5. The van der Waals surface area contributed by atoms with Crippen LogP contribution >= 0.6 is 12.2 Å². The zero-order chi connectivity index (χ0) is 14.6. The van der Waals surface area contributed by atoms with Crippen molar-refractivity contribution in [2.45, 2.75) is 57.2 Å². The fourth-order valence-corrected chi connectivity index (χ4v) is 4.58. The van der Waals surface area contributed by atoms with Gasteiger partial charge < -0.3 is 9.88 Å². The Kier molecular flexibility index (Phi) is 3.15. The van der Waals surface area contributed by atoms with Crippen molar-refractivity contribution in [1.82, 2.24) is 19.4 Å². The number of hydrogen-bond acceptors (Lipinski definition) is 3. The smallest absolute Gasteiger partial charge is 0.179 e. The summed E-state index contributed by atoms with van der Waals surface area (Å²) in [5, 5.41) is 0. The standard InChI is InChI=1S/C16H22N4S/c1-10-6-7-14-15(17-10)20(16(21)18-14)13-8-11-4-3-5-12(9-13)19(11)2/h6-7,11-13H,3-5,8-9H2,1-2H3,(H,18,21). The maximum absolute atomic E-state index is 5.59. The maximum atomic E-state index is 5.59. The van der Waals surface area contributed by atoms with Crippen LogP contribution in [0.15, 0.2) is 12.1 Å². The Labute approximate surface area is 130 Å². The van der Waals surface area contributed by atoms with Crippen LogP contribution in [0.3, 0.4) is 0 Å². The molecule has 2 bridgehead atoms. The predicted molar refractivity (Wildman–Crippen MR) is 87.1 cm³/mol. The minimum atomic E-state index is 0.493. The van der Waals surface area contributed by atoms with E-state index in [1.165, 1.54) is 32.1 Å². The highest BCUT2D eigenvalue weighted by Crippen LogP contribution is 2.39. The molecule has 2 unspecified atom stereocenters. The number of H-pyrrole nitrogens is 1. The van der Waals surface area contributed by atoms with Crippen LogP contribution < -0.4 is 0 Å². The number of hydrogen-bond donors (Lipinski definition) is 1. The monoisotopic (exact) mass is 302 g/mol. The van der Waals surface area contributed by atoms with Crippen molar-refractivity contribution in [3.63, 3.8) is 0 Å². The second kappa shape index (κ2) is 4.92. The van der Waals surface area contributed by atoms with Gasteiger partial charge in [-0.15, -0.1) is 0 Å². The molecule has 4 rings (SSSR count). The molecule has 4 nitrogen and oxygen atoms in total. The van der Waals surface area contributed by atoms with Crippen LogP contribution in [0.2, 0.25) is 0 Å². The number of imidazole rings is 1. The molecular formula is C16H22N4S. The van der Waals surface area contributed by atoms with Crippen LogP contribution in [0.25, 0.3) is 11.2 Å². The molecule has 0 aliphatic carbocycles. The molecule has 2 saturated heterocycles. The molecule has 2 aromatic rings. The van der Waals surface area contributed by atoms with E-state index < -0.39 is 0 Å². The van der Waals surface area contributed by atoms with E-state index in [-0.39, 0.29) is 0 Å². The van der Waals surface area contributed by atoms with Gasteiger partial charge in [-0.05, 0) is 64.0 Å². The van der Waals surface area contributed by atoms with Crippen LogP contribution in [-0.2, 0) is 0 Å². The summed E-state index contributed by atoms with van der Waals surface area (Å²) < 4.78 is 3.12. The number of rotatable bonds is 1. The normalized spacial score (nSPS) is 29.9. The highest BCUT2D eigenvalue weighted by Gasteiger charge is 2.37. The predicted octanol–water partition coefficient (Wildman–Crippen LogP) is 3.59. The molecule has 2 aromatic heterocycles. The van der Waals surface area contributed by atoms with E-state index in [1.54, 1.807) is 0 Å². The number of nitrogens with zero attached hydrogens (tertiary/aromatic N) is 3. The minimum absolute atomic E-state index is 0.493. The van der Waals surface area contributed by atoms with Crippen molar-refractivity contribution in [3.05, 3.63) is 22.6 Å². The first-order valence-electron chi connectivity index (χ1n) is 7.93. The lowest BCUT2D eigenvalue weighted by atomic mass is 9.82. The highest BCUT2D eigenvalue weighted by atomic mass is 32.1. The van der Waals surface area contributed by atoms with Gasteiger partial charge in [-0.25, -0.2) is 4.98 Å². The lowest BCUT2D eigenvalue weighted by Gasteiger charge is -2.47. The van der Waals surface area contributed by atoms with Gasteiger partial charge in [0, 0.05) is 23.8 Å². The number of aromatic amines is 1. The average molecular weight is 302 g/mol. The summed E-state index contributed by atoms with van der Waals surface area (Å²) in [4.78, 5) is 10.7. The number of fused-ring (bicyclic) bond motifs is 3. The molecule has 112 valence electrons. The molecule has 0 saturated carbocycles. The Balaban J connectivity index is 1.78. The van der Waals surface area contributed by atoms with Crippen molar-refractivity contribution in [1.29, 1.82) is 0 Å². The fraction of sp³-hybridized carbons (Fsp3) is 0.625. The van der Waals surface area contributed by atoms with Crippen molar-refractivity contribution < 1.29 is 0 Å². The van der Waals surface area contributed by atoms with Gasteiger partial charge in [0.15, 0.2) is 10.4 Å². The third-order valence-corrected chi connectivity index (χ3v) is 5.68. The van der Waals surface area contributed by atoms with E-state index in [1.807, 2.05) is 13.0 Å². The van der Waals surface area contributed by atoms with Gasteiger partial charge in [0.2, 0.25) is 0 Å². The molecule has 21 heavy (non-hydrogen) atoms. The number of piperidine rings is 2. The van der Waals surface area contributed by atoms with Crippen molar-refractivity contribution in [2.75, 3.05) is 7.05 Å². The topological polar surface area (TPSA) is 36.9 Å². The van der Waals surface area contributed by atoms with Gasteiger partial charge >= 0.3 is 0 Å². The molecule has 0 radical (unpaired) electrons. The van der Waals surface area contributed by atoms with Gasteiger partial charge in [-0.1, -0.05) is 6.42 Å². The lowest BCUT2D eigenvalue weighted by molar-refractivity contribution is 0.0405. The molecule has 1 N–H and O–H groups in total. The van der Waals surface area contributed by atoms with Gasteiger partial charge in [0.1, 0.15) is 0 Å². The van der Waals surface area contributed by atoms with E-state index in [0.29, 0.717) is 18.1 Å². The summed E-state index contributed by atoms with van der Waals surface area (Å²) >= 11 is 5.59. The molecule has 2 fully saturated rings. The van der Waals surface area contributed by atoms with Crippen LogP contribution in [0, 0.1) is 11.7 Å². The van der Waals surface area contributed by atoms with Gasteiger partial charge in [0.05, 0.1) is 5.52 Å². The molecule has 2 atom stereocenters. The van der Waals surface area contributed by atoms with Crippen LogP contribution in [0.5, 0.6) is 0 Å². The third kappa shape index (κ3) is 2.14. The molecule has 4 heterocycles. The second-order valence-electron chi connectivity index (χ2n) is 6.65. The minimum Gasteiger partial charge on any atom is -0.329 e. The first-order chi connectivity index (χ1) is 10.1. The van der Waals surface area contributed by atoms with E-state index in [9.17, 15) is 0 Å². The van der Waals surface area contributed by atoms with Crippen LogP contribution in [0.4, 0.5) is 0 Å². The summed E-state index contributed by atoms with van der Waals surface area (Å²) in [5.74, 6) is 0. The number of aromatic nitrogens is 3. The first-order valence-corrected chi connectivity index (χ1v) is 8.34.